The topological polar surface area (TPSA) is 293 Å². The van der Waals surface area contributed by atoms with Crippen molar-refractivity contribution >= 4 is 35.6 Å². The molecule has 0 spiro atoms. The number of aliphatic hydroxyl groups is 2. The van der Waals surface area contributed by atoms with Crippen molar-refractivity contribution < 1.29 is 44.4 Å². The fourth-order valence-electron chi connectivity index (χ4n) is 2.75. The highest BCUT2D eigenvalue weighted by molar-refractivity contribution is 5.94. The Morgan fingerprint density at radius 1 is 0.829 bits per heavy atom. The average Bonchev–Trinajstić information content (AvgIpc) is 2.74. The molecule has 3 amide bonds. The minimum absolute atomic E-state index is 0.0282. The molecule has 0 aliphatic carbocycles. The Morgan fingerprint density at radius 2 is 1.37 bits per heavy atom. The van der Waals surface area contributed by atoms with Gasteiger partial charge in [0.05, 0.1) is 18.2 Å². The summed E-state index contributed by atoms with van der Waals surface area (Å²) in [4.78, 5) is 63.4. The van der Waals surface area contributed by atoms with Gasteiger partial charge in [-0.05, 0) is 33.1 Å². The predicted octanol–water partition coefficient (Wildman–Crippen LogP) is -4.47. The maximum atomic E-state index is 12.9. The van der Waals surface area contributed by atoms with Crippen LogP contribution in [0.1, 0.15) is 39.5 Å². The van der Waals surface area contributed by atoms with Crippen LogP contribution in [0.5, 0.6) is 0 Å². The third-order valence-corrected chi connectivity index (χ3v) is 4.69. The molecule has 0 aliphatic rings. The lowest BCUT2D eigenvalue weighted by Gasteiger charge is -2.27. The highest BCUT2D eigenvalue weighted by Crippen LogP contribution is 2.05. The standard InChI is InChI=1S/C19H35N7O9/c1-8(27)13(17(33)26-14(9(2)28)18(34)35)25-16(32)11(4-3-7-23-19(21)22)24-15(31)10(20)5-6-12(29)30/h8-11,13-14,27-28H,3-7,20H2,1-2H3,(H,24,31)(H,25,32)(H,26,33)(H,29,30)(H,34,35)(H4,21,22,23). The van der Waals surface area contributed by atoms with Crippen LogP contribution in [0.3, 0.4) is 0 Å². The van der Waals surface area contributed by atoms with Gasteiger partial charge in [-0.15, -0.1) is 0 Å². The molecule has 6 atom stereocenters. The zero-order valence-corrected chi connectivity index (χ0v) is 19.5. The fourth-order valence-corrected chi connectivity index (χ4v) is 2.75. The van der Waals surface area contributed by atoms with E-state index in [4.69, 9.17) is 27.4 Å². The van der Waals surface area contributed by atoms with Crippen molar-refractivity contribution in [3.05, 3.63) is 0 Å². The molecule has 0 radical (unpaired) electrons. The number of nitrogens with two attached hydrogens (primary N) is 3. The number of amides is 3. The lowest BCUT2D eigenvalue weighted by Crippen LogP contribution is -2.60. The number of carbonyl (C=O) groups excluding carboxylic acids is 3. The first-order chi connectivity index (χ1) is 16.2. The van der Waals surface area contributed by atoms with Gasteiger partial charge in [-0.1, -0.05) is 0 Å². The van der Waals surface area contributed by atoms with Crippen molar-refractivity contribution in [2.24, 2.45) is 22.2 Å². The van der Waals surface area contributed by atoms with Gasteiger partial charge < -0.3 is 53.6 Å². The van der Waals surface area contributed by atoms with Crippen LogP contribution < -0.4 is 33.2 Å². The molecule has 16 nitrogen and oxygen atoms in total. The van der Waals surface area contributed by atoms with Crippen LogP contribution in [0.2, 0.25) is 0 Å². The first-order valence-electron chi connectivity index (χ1n) is 10.7. The largest absolute Gasteiger partial charge is 0.481 e. The molecule has 0 saturated heterocycles. The van der Waals surface area contributed by atoms with Crippen molar-refractivity contribution in [2.45, 2.75) is 75.9 Å². The van der Waals surface area contributed by atoms with E-state index in [1.807, 2.05) is 5.32 Å². The minimum atomic E-state index is -1.71. The molecule has 0 rings (SSSR count). The number of carboxylic acids is 2. The smallest absolute Gasteiger partial charge is 0.328 e. The Labute approximate surface area is 201 Å². The number of carbonyl (C=O) groups is 5. The van der Waals surface area contributed by atoms with E-state index in [2.05, 4.69) is 15.6 Å². The van der Waals surface area contributed by atoms with Gasteiger partial charge in [0.25, 0.3) is 0 Å². The normalized spacial score (nSPS) is 15.9. The Bertz CT molecular complexity index is 785. The SMILES string of the molecule is CC(O)C(NC(=O)C(NC(=O)C(CCCN=C(N)N)NC(=O)C(N)CCC(=O)O)C(C)O)C(=O)O. The summed E-state index contributed by atoms with van der Waals surface area (Å²) in [7, 11) is 0. The Morgan fingerprint density at radius 3 is 1.83 bits per heavy atom. The third kappa shape index (κ3) is 12.5. The lowest BCUT2D eigenvalue weighted by atomic mass is 10.1. The van der Waals surface area contributed by atoms with Crippen LogP contribution in [0.4, 0.5) is 0 Å². The number of carboxylic acid groups (broad SMARTS) is 2. The monoisotopic (exact) mass is 505 g/mol. The van der Waals surface area contributed by atoms with E-state index in [0.29, 0.717) is 0 Å². The van der Waals surface area contributed by atoms with Crippen molar-refractivity contribution in [1.82, 2.24) is 16.0 Å². The van der Waals surface area contributed by atoms with E-state index < -0.39 is 66.0 Å². The fraction of sp³-hybridized carbons (Fsp3) is 0.684. The van der Waals surface area contributed by atoms with Crippen molar-refractivity contribution in [3.8, 4) is 0 Å². The summed E-state index contributed by atoms with van der Waals surface area (Å²) in [5.74, 6) is -5.73. The number of guanidine groups is 1. The van der Waals surface area contributed by atoms with Gasteiger partial charge in [0.1, 0.15) is 12.1 Å². The van der Waals surface area contributed by atoms with Gasteiger partial charge in [0.2, 0.25) is 17.7 Å². The second-order valence-corrected chi connectivity index (χ2v) is 7.84. The van der Waals surface area contributed by atoms with E-state index >= 15 is 0 Å². The number of nitrogens with one attached hydrogen (secondary N) is 3. The number of hydrogen-bond donors (Lipinski definition) is 10. The summed E-state index contributed by atoms with van der Waals surface area (Å²) in [5.41, 5.74) is 16.2. The van der Waals surface area contributed by atoms with E-state index in [0.717, 1.165) is 13.8 Å². The zero-order chi connectivity index (χ0) is 27.3. The van der Waals surface area contributed by atoms with Crippen LogP contribution in [0, 0.1) is 0 Å². The molecule has 35 heavy (non-hydrogen) atoms. The van der Waals surface area contributed by atoms with E-state index in [9.17, 15) is 34.2 Å². The number of aliphatic hydroxyl groups excluding tert-OH is 2. The number of aliphatic carboxylic acids is 2. The van der Waals surface area contributed by atoms with Gasteiger partial charge >= 0.3 is 11.9 Å². The molecule has 0 aliphatic heterocycles. The molecule has 0 aromatic heterocycles. The molecule has 0 saturated carbocycles. The molecule has 0 aromatic rings. The Balaban J connectivity index is 5.52. The van der Waals surface area contributed by atoms with Crippen molar-refractivity contribution in [2.75, 3.05) is 6.54 Å². The molecule has 13 N–H and O–H groups in total. The number of nitrogens with zero attached hydrogens (tertiary/aromatic N) is 1. The number of rotatable bonds is 16. The van der Waals surface area contributed by atoms with Gasteiger partial charge in [-0.25, -0.2) is 4.79 Å². The second-order valence-electron chi connectivity index (χ2n) is 7.84. The van der Waals surface area contributed by atoms with Crippen molar-refractivity contribution in [1.29, 1.82) is 0 Å². The summed E-state index contributed by atoms with van der Waals surface area (Å²) >= 11 is 0. The highest BCUT2D eigenvalue weighted by atomic mass is 16.4. The highest BCUT2D eigenvalue weighted by Gasteiger charge is 2.34. The maximum absolute atomic E-state index is 12.9. The summed E-state index contributed by atoms with van der Waals surface area (Å²) < 4.78 is 0. The molecular formula is C19H35N7O9. The number of hydrogen-bond acceptors (Lipinski definition) is 9. The first kappa shape index (κ1) is 31.5. The first-order valence-corrected chi connectivity index (χ1v) is 10.7. The number of aliphatic imine (C=N–C) groups is 1. The van der Waals surface area contributed by atoms with E-state index in [-0.39, 0.29) is 38.2 Å². The quantitative estimate of drug-likeness (QED) is 0.0539. The van der Waals surface area contributed by atoms with Gasteiger partial charge in [0.15, 0.2) is 12.0 Å². The molecule has 200 valence electrons. The Kier molecular flexibility index (Phi) is 13.9. The van der Waals surface area contributed by atoms with Crippen LogP contribution >= 0.6 is 0 Å². The Hall–Kier alpha value is -3.50. The summed E-state index contributed by atoms with van der Waals surface area (Å²) in [6.07, 6.45) is -3.36. The summed E-state index contributed by atoms with van der Waals surface area (Å²) in [6.45, 7) is 2.39. The maximum Gasteiger partial charge on any atom is 0.328 e. The second kappa shape index (κ2) is 15.4. The molecule has 6 unspecified atom stereocenters. The minimum Gasteiger partial charge on any atom is -0.481 e. The molecule has 16 heteroatoms. The molecular weight excluding hydrogens is 470 g/mol. The average molecular weight is 506 g/mol. The van der Waals surface area contributed by atoms with Gasteiger partial charge in [-0.2, -0.15) is 0 Å². The van der Waals surface area contributed by atoms with Crippen LogP contribution in [0.15, 0.2) is 4.99 Å². The third-order valence-electron chi connectivity index (χ3n) is 4.69. The van der Waals surface area contributed by atoms with Gasteiger partial charge in [-0.3, -0.25) is 24.2 Å². The predicted molar refractivity (Wildman–Crippen MR) is 122 cm³/mol. The van der Waals surface area contributed by atoms with Crippen LogP contribution in [0.25, 0.3) is 0 Å². The lowest BCUT2D eigenvalue weighted by molar-refractivity contribution is -0.146. The van der Waals surface area contributed by atoms with Crippen LogP contribution in [-0.4, -0.2) is 99.0 Å². The van der Waals surface area contributed by atoms with Gasteiger partial charge in [0, 0.05) is 13.0 Å². The zero-order valence-electron chi connectivity index (χ0n) is 19.5. The molecule has 0 aromatic carbocycles. The van der Waals surface area contributed by atoms with Crippen LogP contribution in [-0.2, 0) is 24.0 Å². The molecule has 0 fully saturated rings. The van der Waals surface area contributed by atoms with E-state index in [1.165, 1.54) is 0 Å². The van der Waals surface area contributed by atoms with E-state index in [1.54, 1.807) is 0 Å². The molecule has 0 bridgehead atoms. The molecule has 0 heterocycles. The summed E-state index contributed by atoms with van der Waals surface area (Å²) in [5, 5.41) is 44.0. The summed E-state index contributed by atoms with van der Waals surface area (Å²) in [6, 6.07) is -5.87. The van der Waals surface area contributed by atoms with Crippen molar-refractivity contribution in [3.63, 3.8) is 0 Å².